The van der Waals surface area contributed by atoms with Gasteiger partial charge in [0, 0.05) is 0 Å². The molecule has 1 aliphatic carbocycles. The third-order valence-corrected chi connectivity index (χ3v) is 4.95. The number of rotatable bonds is 2. The van der Waals surface area contributed by atoms with Crippen molar-refractivity contribution in [1.82, 2.24) is 0 Å². The van der Waals surface area contributed by atoms with E-state index in [1.807, 2.05) is 0 Å². The molecule has 12 heavy (non-hydrogen) atoms. The van der Waals surface area contributed by atoms with Crippen molar-refractivity contribution >= 4 is 9.84 Å². The molecule has 0 bridgehead atoms. The Balaban J connectivity index is 1.94. The quantitative estimate of drug-likeness (QED) is 0.666. The highest BCUT2D eigenvalue weighted by atomic mass is 32.2. The van der Waals surface area contributed by atoms with E-state index < -0.39 is 9.84 Å². The van der Waals surface area contributed by atoms with Gasteiger partial charge in [0.05, 0.1) is 11.5 Å². The van der Waals surface area contributed by atoms with Crippen molar-refractivity contribution in [1.29, 1.82) is 0 Å². The van der Waals surface area contributed by atoms with Crippen molar-refractivity contribution in [2.24, 2.45) is 23.5 Å². The van der Waals surface area contributed by atoms with E-state index in [0.29, 0.717) is 29.3 Å². The largest absolute Gasteiger partial charge is 0.330 e. The molecule has 2 aliphatic rings. The fourth-order valence-electron chi connectivity index (χ4n) is 2.28. The summed E-state index contributed by atoms with van der Waals surface area (Å²) in [6, 6.07) is 0. The Morgan fingerprint density at radius 3 is 2.58 bits per heavy atom. The van der Waals surface area contributed by atoms with E-state index in [1.54, 1.807) is 0 Å². The van der Waals surface area contributed by atoms with Gasteiger partial charge in [0.2, 0.25) is 0 Å². The van der Waals surface area contributed by atoms with E-state index in [0.717, 1.165) is 19.4 Å². The van der Waals surface area contributed by atoms with Crippen LogP contribution in [0.5, 0.6) is 0 Å². The lowest BCUT2D eigenvalue weighted by Crippen LogP contribution is -2.10. The van der Waals surface area contributed by atoms with Crippen LogP contribution in [-0.4, -0.2) is 26.5 Å². The molecule has 1 heterocycles. The number of hydrogen-bond acceptors (Lipinski definition) is 3. The van der Waals surface area contributed by atoms with Gasteiger partial charge < -0.3 is 5.73 Å². The highest BCUT2D eigenvalue weighted by molar-refractivity contribution is 7.91. The van der Waals surface area contributed by atoms with Gasteiger partial charge in [-0.1, -0.05) is 0 Å². The molecule has 0 aromatic carbocycles. The highest BCUT2D eigenvalue weighted by Gasteiger charge is 2.45. The maximum absolute atomic E-state index is 11.1. The molecule has 1 saturated carbocycles. The first-order chi connectivity index (χ1) is 5.62. The predicted octanol–water partition coefficient (Wildman–Crippen LogP) is 0.0159. The van der Waals surface area contributed by atoms with Crippen LogP contribution in [0.25, 0.3) is 0 Å². The predicted molar refractivity (Wildman–Crippen MR) is 47.4 cm³/mol. The Morgan fingerprint density at radius 1 is 1.42 bits per heavy atom. The van der Waals surface area contributed by atoms with Gasteiger partial charge >= 0.3 is 0 Å². The van der Waals surface area contributed by atoms with Crippen LogP contribution in [-0.2, 0) is 9.84 Å². The highest BCUT2D eigenvalue weighted by Crippen LogP contribution is 2.47. The SMILES string of the molecule is NCC1CC1C1CCS(=O)(=O)C1. The minimum Gasteiger partial charge on any atom is -0.330 e. The molecular weight excluding hydrogens is 174 g/mol. The number of hydrogen-bond donors (Lipinski definition) is 1. The van der Waals surface area contributed by atoms with Gasteiger partial charge in [-0.3, -0.25) is 0 Å². The van der Waals surface area contributed by atoms with E-state index >= 15 is 0 Å². The molecule has 0 aromatic heterocycles. The minimum absolute atomic E-state index is 0.408. The molecule has 0 radical (unpaired) electrons. The molecule has 1 aliphatic heterocycles. The molecule has 3 atom stereocenters. The average Bonchev–Trinajstić information content (AvgIpc) is 2.70. The van der Waals surface area contributed by atoms with Crippen LogP contribution in [0.3, 0.4) is 0 Å². The van der Waals surface area contributed by atoms with Gasteiger partial charge in [-0.15, -0.1) is 0 Å². The molecule has 2 N–H and O–H groups in total. The van der Waals surface area contributed by atoms with E-state index in [4.69, 9.17) is 5.73 Å². The van der Waals surface area contributed by atoms with E-state index in [9.17, 15) is 8.42 Å². The van der Waals surface area contributed by atoms with E-state index in [2.05, 4.69) is 0 Å². The third-order valence-electron chi connectivity index (χ3n) is 3.15. The van der Waals surface area contributed by atoms with Crippen molar-refractivity contribution in [3.8, 4) is 0 Å². The molecule has 3 nitrogen and oxygen atoms in total. The Hall–Kier alpha value is -0.0900. The van der Waals surface area contributed by atoms with Gasteiger partial charge in [0.25, 0.3) is 0 Å². The Labute approximate surface area is 73.2 Å². The Morgan fingerprint density at radius 2 is 2.17 bits per heavy atom. The molecule has 0 aromatic rings. The van der Waals surface area contributed by atoms with Gasteiger partial charge in [-0.25, -0.2) is 8.42 Å². The maximum atomic E-state index is 11.1. The van der Waals surface area contributed by atoms with Gasteiger partial charge in [-0.05, 0) is 37.1 Å². The second-order valence-corrected chi connectivity index (χ2v) is 6.29. The zero-order chi connectivity index (χ0) is 8.77. The van der Waals surface area contributed by atoms with Crippen LogP contribution in [0.15, 0.2) is 0 Å². The van der Waals surface area contributed by atoms with Gasteiger partial charge in [0.1, 0.15) is 0 Å². The van der Waals surface area contributed by atoms with Crippen LogP contribution < -0.4 is 5.73 Å². The molecular formula is C8H15NO2S. The molecule has 4 heteroatoms. The molecule has 3 unspecified atom stereocenters. The van der Waals surface area contributed by atoms with Crippen LogP contribution in [0, 0.1) is 17.8 Å². The summed E-state index contributed by atoms with van der Waals surface area (Å²) in [5.41, 5.74) is 5.51. The van der Waals surface area contributed by atoms with Gasteiger partial charge in [0.15, 0.2) is 9.84 Å². The molecule has 0 amide bonds. The summed E-state index contributed by atoms with van der Waals surface area (Å²) in [4.78, 5) is 0. The normalized spacial score (nSPS) is 44.6. The van der Waals surface area contributed by atoms with Crippen molar-refractivity contribution in [3.05, 3.63) is 0 Å². The minimum atomic E-state index is -2.67. The summed E-state index contributed by atoms with van der Waals surface area (Å²) in [5, 5.41) is 0. The number of sulfone groups is 1. The lowest BCUT2D eigenvalue weighted by atomic mass is 10.0. The van der Waals surface area contributed by atoms with Crippen LogP contribution in [0.2, 0.25) is 0 Å². The molecule has 2 rings (SSSR count). The van der Waals surface area contributed by atoms with Crippen LogP contribution in [0.4, 0.5) is 0 Å². The molecule has 2 fully saturated rings. The third kappa shape index (κ3) is 1.50. The summed E-state index contributed by atoms with van der Waals surface area (Å²) in [6.07, 6.45) is 2.04. The van der Waals surface area contributed by atoms with Crippen molar-refractivity contribution < 1.29 is 8.42 Å². The van der Waals surface area contributed by atoms with E-state index in [1.165, 1.54) is 0 Å². The Bertz CT molecular complexity index is 273. The van der Waals surface area contributed by atoms with Crippen molar-refractivity contribution in [2.45, 2.75) is 12.8 Å². The van der Waals surface area contributed by atoms with E-state index in [-0.39, 0.29) is 0 Å². The van der Waals surface area contributed by atoms with Gasteiger partial charge in [-0.2, -0.15) is 0 Å². The first kappa shape index (κ1) is 8.51. The first-order valence-corrected chi connectivity index (χ1v) is 6.35. The summed E-state index contributed by atoms with van der Waals surface area (Å²) in [7, 11) is -2.67. The zero-order valence-electron chi connectivity index (χ0n) is 7.07. The fraction of sp³-hybridized carbons (Fsp3) is 1.00. The maximum Gasteiger partial charge on any atom is 0.150 e. The fourth-order valence-corrected chi connectivity index (χ4v) is 4.18. The lowest BCUT2D eigenvalue weighted by Gasteiger charge is -2.04. The smallest absolute Gasteiger partial charge is 0.150 e. The van der Waals surface area contributed by atoms with Crippen LogP contribution >= 0.6 is 0 Å². The lowest BCUT2D eigenvalue weighted by molar-refractivity contribution is 0.486. The van der Waals surface area contributed by atoms with Crippen LogP contribution in [0.1, 0.15) is 12.8 Å². The number of nitrogens with two attached hydrogens (primary N) is 1. The monoisotopic (exact) mass is 189 g/mol. The summed E-state index contributed by atoms with van der Waals surface area (Å²) in [6.45, 7) is 0.737. The zero-order valence-corrected chi connectivity index (χ0v) is 7.89. The summed E-state index contributed by atoms with van der Waals surface area (Å²) in [5.74, 6) is 2.53. The summed E-state index contributed by atoms with van der Waals surface area (Å²) >= 11 is 0. The second-order valence-electron chi connectivity index (χ2n) is 4.06. The molecule has 1 saturated heterocycles. The average molecular weight is 189 g/mol. The molecule has 70 valence electrons. The van der Waals surface area contributed by atoms with Crippen molar-refractivity contribution in [2.75, 3.05) is 18.1 Å². The standard InChI is InChI=1S/C8H15NO2S/c9-4-7-3-8(7)6-1-2-12(10,11)5-6/h6-8H,1-5,9H2. The Kier molecular flexibility index (Phi) is 1.92. The summed E-state index contributed by atoms with van der Waals surface area (Å²) < 4.78 is 22.3. The molecule has 0 spiro atoms. The first-order valence-electron chi connectivity index (χ1n) is 4.53. The topological polar surface area (TPSA) is 60.2 Å². The van der Waals surface area contributed by atoms with Crippen molar-refractivity contribution in [3.63, 3.8) is 0 Å². The second kappa shape index (κ2) is 2.70.